The Kier molecular flexibility index (Phi) is 12.4. The molecule has 0 aliphatic heterocycles. The fraction of sp³-hybridized carbons (Fsp3) is 0.444. The van der Waals surface area contributed by atoms with Gasteiger partial charge in [-0.05, 0) is 67.3 Å². The van der Waals surface area contributed by atoms with Crippen LogP contribution in [0.2, 0.25) is 0 Å². The lowest BCUT2D eigenvalue weighted by atomic mass is 9.78. The molecular weight excluding hydrogens is 648 g/mol. The van der Waals surface area contributed by atoms with Crippen LogP contribution in [0.25, 0.3) is 0 Å². The molecule has 2 atom stereocenters. The zero-order valence-electron chi connectivity index (χ0n) is 21.8. The fourth-order valence-corrected chi connectivity index (χ4v) is 5.03. The quantitative estimate of drug-likeness (QED) is 0.146. The first-order valence-corrected chi connectivity index (χ1v) is 13.8. The number of halogens is 3. The number of carbonyl (C=O) groups is 3. The number of rotatable bonds is 13. The molecule has 38 heavy (non-hydrogen) atoms. The summed E-state index contributed by atoms with van der Waals surface area (Å²) < 4.78 is 28.3. The normalized spacial score (nSPS) is 12.7. The molecule has 0 fully saturated rings. The zero-order valence-corrected chi connectivity index (χ0v) is 25.8. The van der Waals surface area contributed by atoms with Gasteiger partial charge in [0.15, 0.2) is 6.10 Å². The molecule has 0 aliphatic rings. The van der Waals surface area contributed by atoms with Gasteiger partial charge in [-0.15, -0.1) is 11.6 Å². The Balaban J connectivity index is 2.12. The maximum Gasteiger partial charge on any atom is 0.303 e. The zero-order chi connectivity index (χ0) is 28.5. The van der Waals surface area contributed by atoms with Crippen molar-refractivity contribution < 1.29 is 38.1 Å². The molecule has 0 bridgehead atoms. The first kappa shape index (κ1) is 31.9. The maximum atomic E-state index is 11.3. The van der Waals surface area contributed by atoms with Gasteiger partial charge in [-0.25, -0.2) is 0 Å². The van der Waals surface area contributed by atoms with E-state index >= 15 is 0 Å². The number of hydrogen-bond acceptors (Lipinski definition) is 8. The van der Waals surface area contributed by atoms with E-state index in [-0.39, 0.29) is 31.1 Å². The second-order valence-corrected chi connectivity index (χ2v) is 11.0. The van der Waals surface area contributed by atoms with E-state index in [4.69, 9.17) is 35.3 Å². The molecule has 0 heterocycles. The Hall–Kier alpha value is -2.30. The molecular formula is C27H31Br2ClO8. The predicted octanol–water partition coefficient (Wildman–Crippen LogP) is 5.96. The molecule has 2 unspecified atom stereocenters. The maximum absolute atomic E-state index is 11.3. The lowest BCUT2D eigenvalue weighted by Gasteiger charge is -2.28. The van der Waals surface area contributed by atoms with Crippen molar-refractivity contribution in [1.82, 2.24) is 0 Å². The molecule has 0 saturated carbocycles. The van der Waals surface area contributed by atoms with E-state index in [1.807, 2.05) is 36.4 Å². The van der Waals surface area contributed by atoms with Crippen LogP contribution in [0.5, 0.6) is 11.5 Å². The molecule has 0 radical (unpaired) electrons. The van der Waals surface area contributed by atoms with E-state index in [1.54, 1.807) is 0 Å². The van der Waals surface area contributed by atoms with Gasteiger partial charge in [-0.2, -0.15) is 0 Å². The average Bonchev–Trinajstić information content (AvgIpc) is 2.83. The molecule has 0 N–H and O–H groups in total. The highest BCUT2D eigenvalue weighted by molar-refractivity contribution is 9.11. The lowest BCUT2D eigenvalue weighted by Crippen LogP contribution is -2.29. The molecule has 0 amide bonds. The van der Waals surface area contributed by atoms with Gasteiger partial charge in [-0.1, -0.05) is 26.0 Å². The Morgan fingerprint density at radius 3 is 1.82 bits per heavy atom. The Bertz CT molecular complexity index is 1100. The summed E-state index contributed by atoms with van der Waals surface area (Å²) in [5.41, 5.74) is 1.67. The number of benzene rings is 2. The minimum absolute atomic E-state index is 0.0407. The van der Waals surface area contributed by atoms with E-state index in [0.717, 1.165) is 20.1 Å². The number of alkyl halides is 1. The summed E-state index contributed by atoms with van der Waals surface area (Å²) in [6, 6.07) is 11.5. The molecule has 0 aromatic heterocycles. The van der Waals surface area contributed by atoms with Gasteiger partial charge < -0.3 is 23.7 Å². The Labute approximate surface area is 244 Å². The molecule has 8 nitrogen and oxygen atoms in total. The van der Waals surface area contributed by atoms with E-state index in [9.17, 15) is 14.4 Å². The van der Waals surface area contributed by atoms with Crippen LogP contribution in [0, 0.1) is 0 Å². The fourth-order valence-electron chi connectivity index (χ4n) is 3.46. The Morgan fingerprint density at radius 2 is 1.32 bits per heavy atom. The first-order valence-electron chi connectivity index (χ1n) is 11.7. The van der Waals surface area contributed by atoms with Crippen molar-refractivity contribution in [3.05, 3.63) is 56.5 Å². The monoisotopic (exact) mass is 676 g/mol. The molecule has 2 rings (SSSR count). The summed E-state index contributed by atoms with van der Waals surface area (Å²) in [6.45, 7) is 8.16. The molecule has 208 valence electrons. The van der Waals surface area contributed by atoms with Gasteiger partial charge in [0, 0.05) is 26.2 Å². The van der Waals surface area contributed by atoms with Crippen molar-refractivity contribution in [1.29, 1.82) is 0 Å². The van der Waals surface area contributed by atoms with Crippen LogP contribution >= 0.6 is 43.5 Å². The van der Waals surface area contributed by atoms with E-state index < -0.39 is 30.1 Å². The van der Waals surface area contributed by atoms with Crippen molar-refractivity contribution in [2.24, 2.45) is 0 Å². The molecule has 0 saturated heterocycles. The minimum Gasteiger partial charge on any atom is -0.490 e. The number of esters is 3. The molecule has 11 heteroatoms. The van der Waals surface area contributed by atoms with E-state index in [0.29, 0.717) is 11.5 Å². The van der Waals surface area contributed by atoms with E-state index in [1.165, 1.54) is 20.8 Å². The third-order valence-electron chi connectivity index (χ3n) is 5.46. The second kappa shape index (κ2) is 14.7. The van der Waals surface area contributed by atoms with Crippen molar-refractivity contribution >= 4 is 61.4 Å². The molecule has 2 aromatic carbocycles. The van der Waals surface area contributed by atoms with E-state index in [2.05, 4.69) is 45.7 Å². The lowest BCUT2D eigenvalue weighted by molar-refractivity contribution is -0.158. The topological polar surface area (TPSA) is 97.4 Å². The number of ether oxygens (including phenoxy) is 5. The van der Waals surface area contributed by atoms with Gasteiger partial charge in [-0.3, -0.25) is 14.4 Å². The standard InChI is InChI=1S/C27H31Br2ClO8/c1-16(31)34-14-23(38-18(3)33)15-35-21-8-6-19(7-9-21)27(4,5)20-10-24(28)26(25(29)11-20)36-13-22(12-30)37-17(2)32/h6-11,22-23H,12-15H2,1-5H3. The second-order valence-electron chi connectivity index (χ2n) is 8.96. The van der Waals surface area contributed by atoms with Crippen molar-refractivity contribution in [2.75, 3.05) is 25.7 Å². The smallest absolute Gasteiger partial charge is 0.303 e. The molecule has 0 aliphatic carbocycles. The average molecular weight is 679 g/mol. The number of carbonyl (C=O) groups excluding carboxylic acids is 3. The van der Waals surface area contributed by atoms with Gasteiger partial charge in [0.2, 0.25) is 0 Å². The highest BCUT2D eigenvalue weighted by Gasteiger charge is 2.26. The highest BCUT2D eigenvalue weighted by atomic mass is 79.9. The third-order valence-corrected chi connectivity index (χ3v) is 6.98. The summed E-state index contributed by atoms with van der Waals surface area (Å²) >= 11 is 13.0. The van der Waals surface area contributed by atoms with Crippen molar-refractivity contribution in [3.63, 3.8) is 0 Å². The molecule has 0 spiro atoms. The van der Waals surface area contributed by atoms with Gasteiger partial charge in [0.1, 0.15) is 37.4 Å². The molecule has 2 aromatic rings. The largest absolute Gasteiger partial charge is 0.490 e. The van der Waals surface area contributed by atoms with Crippen LogP contribution in [0.4, 0.5) is 0 Å². The van der Waals surface area contributed by atoms with Crippen LogP contribution in [0.1, 0.15) is 45.7 Å². The first-order chi connectivity index (χ1) is 17.8. The third kappa shape index (κ3) is 9.78. The summed E-state index contributed by atoms with van der Waals surface area (Å²) in [7, 11) is 0. The van der Waals surface area contributed by atoms with Gasteiger partial charge >= 0.3 is 17.9 Å². The summed E-state index contributed by atoms with van der Waals surface area (Å²) in [4.78, 5) is 33.6. The van der Waals surface area contributed by atoms with Crippen molar-refractivity contribution in [2.45, 2.75) is 52.2 Å². The van der Waals surface area contributed by atoms with Crippen LogP contribution in [0.3, 0.4) is 0 Å². The van der Waals surface area contributed by atoms with Crippen LogP contribution < -0.4 is 9.47 Å². The SMILES string of the molecule is CC(=O)OCC(COc1ccc(C(C)(C)c2cc(Br)c(OCC(CCl)OC(C)=O)c(Br)c2)cc1)OC(C)=O. The van der Waals surface area contributed by atoms with Gasteiger partial charge in [0.25, 0.3) is 0 Å². The van der Waals surface area contributed by atoms with Crippen molar-refractivity contribution in [3.8, 4) is 11.5 Å². The summed E-state index contributed by atoms with van der Waals surface area (Å²) in [6.07, 6.45) is -1.27. The predicted molar refractivity (Wildman–Crippen MR) is 150 cm³/mol. The number of hydrogen-bond donors (Lipinski definition) is 0. The Morgan fingerprint density at radius 1 is 0.789 bits per heavy atom. The summed E-state index contributed by atoms with van der Waals surface area (Å²) in [5.74, 6) is -0.0927. The van der Waals surface area contributed by atoms with Crippen LogP contribution in [0.15, 0.2) is 45.3 Å². The van der Waals surface area contributed by atoms with Crippen LogP contribution in [-0.4, -0.2) is 55.8 Å². The minimum atomic E-state index is -0.711. The van der Waals surface area contributed by atoms with Gasteiger partial charge in [0.05, 0.1) is 14.8 Å². The van der Waals surface area contributed by atoms with Crippen LogP contribution in [-0.2, 0) is 34.0 Å². The summed E-state index contributed by atoms with van der Waals surface area (Å²) in [5, 5.41) is 0. The highest BCUT2D eigenvalue weighted by Crippen LogP contribution is 2.41.